The smallest absolute Gasteiger partial charge is 0.258 e. The van der Waals surface area contributed by atoms with Crippen LogP contribution in [0.3, 0.4) is 0 Å². The number of nitrogens with zero attached hydrogens (tertiary/aromatic N) is 1. The summed E-state index contributed by atoms with van der Waals surface area (Å²) >= 11 is 0. The van der Waals surface area contributed by atoms with E-state index in [-0.39, 0.29) is 23.5 Å². The van der Waals surface area contributed by atoms with Gasteiger partial charge >= 0.3 is 0 Å². The van der Waals surface area contributed by atoms with Gasteiger partial charge in [-0.3, -0.25) is 9.59 Å². The number of benzene rings is 2. The largest absolute Gasteiger partial charge is 0.307 e. The molecule has 1 amide bonds. The lowest BCUT2D eigenvalue weighted by Crippen LogP contribution is -2.30. The van der Waals surface area contributed by atoms with Crippen molar-refractivity contribution in [1.82, 2.24) is 0 Å². The summed E-state index contributed by atoms with van der Waals surface area (Å²) in [6.45, 7) is 2.58. The molecule has 3 heteroatoms. The molecular formula is C19H17NO2. The number of ketones is 1. The molecule has 0 aromatic heterocycles. The fourth-order valence-electron chi connectivity index (χ4n) is 3.73. The first-order valence-electron chi connectivity index (χ1n) is 7.69. The molecule has 0 bridgehead atoms. The maximum atomic E-state index is 12.8. The number of carbonyl (C=O) groups is 2. The second kappa shape index (κ2) is 4.80. The Labute approximate surface area is 129 Å². The minimum absolute atomic E-state index is 0.0171. The summed E-state index contributed by atoms with van der Waals surface area (Å²) < 4.78 is 0. The van der Waals surface area contributed by atoms with Crippen LogP contribution in [-0.2, 0) is 4.79 Å². The van der Waals surface area contributed by atoms with Gasteiger partial charge in [-0.2, -0.15) is 0 Å². The Bertz CT molecular complexity index is 766. The van der Waals surface area contributed by atoms with Gasteiger partial charge in [0.15, 0.2) is 0 Å². The molecule has 4 rings (SSSR count). The minimum Gasteiger partial charge on any atom is -0.307 e. The van der Waals surface area contributed by atoms with Crippen molar-refractivity contribution < 1.29 is 9.59 Å². The van der Waals surface area contributed by atoms with E-state index in [0.717, 1.165) is 11.3 Å². The van der Waals surface area contributed by atoms with Gasteiger partial charge in [-0.05, 0) is 29.3 Å². The molecule has 22 heavy (non-hydrogen) atoms. The molecule has 0 saturated heterocycles. The lowest BCUT2D eigenvalue weighted by atomic mass is 9.77. The van der Waals surface area contributed by atoms with Crippen molar-refractivity contribution in [3.63, 3.8) is 0 Å². The summed E-state index contributed by atoms with van der Waals surface area (Å²) in [6.07, 6.45) is 0.545. The highest BCUT2D eigenvalue weighted by molar-refractivity contribution is 6.08. The highest BCUT2D eigenvalue weighted by atomic mass is 16.2. The third kappa shape index (κ3) is 1.82. The quantitative estimate of drug-likeness (QED) is 0.806. The van der Waals surface area contributed by atoms with Crippen molar-refractivity contribution in [3.8, 4) is 0 Å². The molecule has 110 valence electrons. The van der Waals surface area contributed by atoms with Crippen LogP contribution in [0, 0.1) is 0 Å². The number of hydrogen-bond acceptors (Lipinski definition) is 2. The maximum absolute atomic E-state index is 12.8. The Morgan fingerprint density at radius 3 is 2.64 bits per heavy atom. The summed E-state index contributed by atoms with van der Waals surface area (Å²) in [5, 5.41) is 0. The molecule has 0 radical (unpaired) electrons. The van der Waals surface area contributed by atoms with Gasteiger partial charge in [-0.15, -0.1) is 0 Å². The van der Waals surface area contributed by atoms with Crippen molar-refractivity contribution in [2.24, 2.45) is 0 Å². The number of rotatable bonds is 1. The summed E-state index contributed by atoms with van der Waals surface area (Å²) in [6, 6.07) is 15.3. The maximum Gasteiger partial charge on any atom is 0.258 e. The molecule has 2 aliphatic rings. The third-order valence-electron chi connectivity index (χ3n) is 4.88. The molecule has 0 N–H and O–H groups in total. The number of carbonyl (C=O) groups excluding carboxylic acids is 2. The first-order chi connectivity index (χ1) is 10.7. The van der Waals surface area contributed by atoms with Crippen LogP contribution >= 0.6 is 0 Å². The zero-order valence-electron chi connectivity index (χ0n) is 12.5. The van der Waals surface area contributed by atoms with Crippen LogP contribution in [0.2, 0.25) is 0 Å². The first kappa shape index (κ1) is 13.3. The molecule has 1 heterocycles. The van der Waals surface area contributed by atoms with Crippen molar-refractivity contribution in [1.29, 1.82) is 0 Å². The molecule has 1 aliphatic heterocycles. The Kier molecular flexibility index (Phi) is 2.89. The van der Waals surface area contributed by atoms with E-state index in [1.807, 2.05) is 60.4 Å². The predicted molar refractivity (Wildman–Crippen MR) is 85.3 cm³/mol. The average Bonchev–Trinajstić information content (AvgIpc) is 2.92. The highest BCUT2D eigenvalue weighted by Crippen LogP contribution is 2.47. The number of amides is 1. The first-order valence-corrected chi connectivity index (χ1v) is 7.69. The van der Waals surface area contributed by atoms with Gasteiger partial charge in [-0.1, -0.05) is 37.3 Å². The van der Waals surface area contributed by atoms with E-state index < -0.39 is 0 Å². The fraction of sp³-hybridized carbons (Fsp3) is 0.263. The van der Waals surface area contributed by atoms with Crippen molar-refractivity contribution in [2.45, 2.75) is 25.2 Å². The van der Waals surface area contributed by atoms with E-state index in [1.54, 1.807) is 0 Å². The fourth-order valence-corrected chi connectivity index (χ4v) is 3.73. The van der Waals surface area contributed by atoms with Crippen molar-refractivity contribution in [3.05, 3.63) is 65.2 Å². The lowest BCUT2D eigenvalue weighted by Gasteiger charge is -2.24. The predicted octanol–water partition coefficient (Wildman–Crippen LogP) is 3.51. The molecule has 0 fully saturated rings. The monoisotopic (exact) mass is 291 g/mol. The molecule has 1 aliphatic carbocycles. The van der Waals surface area contributed by atoms with E-state index in [0.29, 0.717) is 18.5 Å². The summed E-state index contributed by atoms with van der Waals surface area (Å²) in [4.78, 5) is 26.8. The van der Waals surface area contributed by atoms with Crippen LogP contribution in [0.4, 0.5) is 5.69 Å². The minimum atomic E-state index is -0.0574. The number of anilines is 1. The molecule has 3 nitrogen and oxygen atoms in total. The van der Waals surface area contributed by atoms with E-state index in [2.05, 4.69) is 0 Å². The third-order valence-corrected chi connectivity index (χ3v) is 4.88. The molecule has 2 atom stereocenters. The lowest BCUT2D eigenvalue weighted by molar-refractivity contribution is -0.120. The number of hydrogen-bond donors (Lipinski definition) is 0. The number of Topliss-reactive ketones (excluding diaryl/α,β-unsaturated/α-hetero) is 1. The second-order valence-electron chi connectivity index (χ2n) is 6.15. The van der Waals surface area contributed by atoms with Gasteiger partial charge < -0.3 is 4.90 Å². The summed E-state index contributed by atoms with van der Waals surface area (Å²) in [5.41, 5.74) is 3.98. The molecule has 0 saturated carbocycles. The van der Waals surface area contributed by atoms with Crippen molar-refractivity contribution in [2.75, 3.05) is 11.4 Å². The molecule has 2 aromatic carbocycles. The van der Waals surface area contributed by atoms with Crippen LogP contribution in [0.5, 0.6) is 0 Å². The SMILES string of the molecule is CC1C(=O)CC2CN(C(=O)c3ccccc3)c3cccc1c32. The molecule has 2 unspecified atom stereocenters. The van der Waals surface area contributed by atoms with E-state index in [1.165, 1.54) is 5.56 Å². The van der Waals surface area contributed by atoms with Gasteiger partial charge in [0.2, 0.25) is 0 Å². The van der Waals surface area contributed by atoms with Crippen LogP contribution < -0.4 is 4.90 Å². The second-order valence-corrected chi connectivity index (χ2v) is 6.15. The van der Waals surface area contributed by atoms with E-state index in [9.17, 15) is 9.59 Å². The standard InChI is InChI=1S/C19H17NO2/c1-12-15-8-5-9-16-18(15)14(10-17(12)21)11-20(16)19(22)13-6-3-2-4-7-13/h2-9,12,14H,10-11H2,1H3. The highest BCUT2D eigenvalue weighted by Gasteiger charge is 2.40. The van der Waals surface area contributed by atoms with Gasteiger partial charge in [0, 0.05) is 36.1 Å². The van der Waals surface area contributed by atoms with E-state index in [4.69, 9.17) is 0 Å². The molecular weight excluding hydrogens is 274 g/mol. The summed E-state index contributed by atoms with van der Waals surface area (Å²) in [5.74, 6) is 0.396. The van der Waals surface area contributed by atoms with Crippen molar-refractivity contribution >= 4 is 17.4 Å². The zero-order chi connectivity index (χ0) is 15.3. The van der Waals surface area contributed by atoms with Crippen LogP contribution in [0.1, 0.15) is 46.7 Å². The normalized spacial score (nSPS) is 22.6. The van der Waals surface area contributed by atoms with Gasteiger partial charge in [-0.25, -0.2) is 0 Å². The van der Waals surface area contributed by atoms with Gasteiger partial charge in [0.05, 0.1) is 0 Å². The van der Waals surface area contributed by atoms with Crippen LogP contribution in [0.25, 0.3) is 0 Å². The Hall–Kier alpha value is -2.42. The van der Waals surface area contributed by atoms with Gasteiger partial charge in [0.1, 0.15) is 5.78 Å². The van der Waals surface area contributed by atoms with Crippen LogP contribution in [0.15, 0.2) is 48.5 Å². The Morgan fingerprint density at radius 1 is 1.09 bits per heavy atom. The topological polar surface area (TPSA) is 37.4 Å². The van der Waals surface area contributed by atoms with Gasteiger partial charge in [0.25, 0.3) is 5.91 Å². The Morgan fingerprint density at radius 2 is 1.86 bits per heavy atom. The molecule has 2 aromatic rings. The zero-order valence-corrected chi connectivity index (χ0v) is 12.5. The Balaban J connectivity index is 1.79. The molecule has 0 spiro atoms. The van der Waals surface area contributed by atoms with E-state index >= 15 is 0 Å². The summed E-state index contributed by atoms with van der Waals surface area (Å²) in [7, 11) is 0. The van der Waals surface area contributed by atoms with Crippen LogP contribution in [-0.4, -0.2) is 18.2 Å². The average molecular weight is 291 g/mol.